The van der Waals surface area contributed by atoms with E-state index in [0.717, 1.165) is 12.6 Å². The van der Waals surface area contributed by atoms with E-state index < -0.39 is 8.15 Å². The number of hydrogen-bond acceptors (Lipinski definition) is 1. The third-order valence-corrected chi connectivity index (χ3v) is 2.07. The Morgan fingerprint density at radius 3 is 2.67 bits per heavy atom. The van der Waals surface area contributed by atoms with Crippen molar-refractivity contribution in [2.24, 2.45) is 0 Å². The second-order valence-corrected chi connectivity index (χ2v) is 2.96. The molecule has 1 aliphatic heterocycles. The first-order valence-corrected chi connectivity index (χ1v) is 3.56. The van der Waals surface area contributed by atoms with Crippen LogP contribution in [0.4, 0.5) is 0 Å². The van der Waals surface area contributed by atoms with Gasteiger partial charge in [0.1, 0.15) is 0 Å². The van der Waals surface area contributed by atoms with Gasteiger partial charge >= 0.3 is 0 Å². The molecule has 1 rings (SSSR count). The van der Waals surface area contributed by atoms with Gasteiger partial charge in [-0.1, -0.05) is 6.08 Å². The predicted molar refractivity (Wildman–Crippen MR) is 27.8 cm³/mol. The van der Waals surface area contributed by atoms with Crippen LogP contribution >= 0.6 is 8.15 Å². The molecule has 0 aromatic rings. The van der Waals surface area contributed by atoms with Crippen molar-refractivity contribution in [3.8, 4) is 0 Å². The summed E-state index contributed by atoms with van der Waals surface area (Å²) in [5.41, 5.74) is 0. The van der Waals surface area contributed by atoms with Gasteiger partial charge in [0.25, 0.3) is 0 Å². The molecule has 2 heteroatoms. The molecule has 1 nitrogen and oxygen atoms in total. The van der Waals surface area contributed by atoms with Crippen LogP contribution < -0.4 is 0 Å². The summed E-state index contributed by atoms with van der Waals surface area (Å²) >= 11 is 0. The van der Waals surface area contributed by atoms with Crippen LogP contribution in [0.25, 0.3) is 0 Å². The van der Waals surface area contributed by atoms with Gasteiger partial charge in [-0.2, -0.15) is 0 Å². The molecule has 0 aromatic carbocycles. The zero-order chi connectivity index (χ0) is 4.41. The smallest absolute Gasteiger partial charge is 0.0489 e. The van der Waals surface area contributed by atoms with Crippen molar-refractivity contribution in [3.05, 3.63) is 11.9 Å². The van der Waals surface area contributed by atoms with Gasteiger partial charge in [0.15, 0.2) is 0 Å². The summed E-state index contributed by atoms with van der Waals surface area (Å²) in [6.07, 6.45) is 4.11. The highest BCUT2D eigenvalue weighted by molar-refractivity contribution is 7.55. The normalized spacial score (nSPS) is 31.8. The molecule has 34 valence electrons. The molecule has 1 atom stereocenters. The zero-order valence-electron chi connectivity index (χ0n) is 3.46. The fourth-order valence-electron chi connectivity index (χ4n) is 0.478. The van der Waals surface area contributed by atoms with Crippen LogP contribution in [-0.2, 0) is 0 Å². The van der Waals surface area contributed by atoms with Crippen LogP contribution in [0.1, 0.15) is 6.42 Å². The summed E-state index contributed by atoms with van der Waals surface area (Å²) in [5.74, 6) is 1.90. The summed E-state index contributed by atoms with van der Waals surface area (Å²) in [4.78, 5) is 8.71. The van der Waals surface area contributed by atoms with E-state index in [1.54, 1.807) is 0 Å². The van der Waals surface area contributed by atoms with Crippen LogP contribution in [0.2, 0.25) is 0 Å². The Bertz CT molecular complexity index is 69.9. The minimum atomic E-state index is -0.646. The van der Waals surface area contributed by atoms with Gasteiger partial charge in [0, 0.05) is 8.15 Å². The third-order valence-electron chi connectivity index (χ3n) is 0.802. The Labute approximate surface area is 38.5 Å². The SMILES string of the molecule is OP1C=CCC1. The molecule has 0 saturated heterocycles. The van der Waals surface area contributed by atoms with Crippen molar-refractivity contribution >= 4 is 8.15 Å². The molecule has 0 fully saturated rings. The highest BCUT2D eigenvalue weighted by Gasteiger charge is 2.01. The molecule has 1 aliphatic rings. The molecule has 1 heterocycles. The summed E-state index contributed by atoms with van der Waals surface area (Å²) in [6, 6.07) is 0. The molecule has 0 radical (unpaired) electrons. The summed E-state index contributed by atoms with van der Waals surface area (Å²) in [5, 5.41) is 0. The third kappa shape index (κ3) is 0.796. The molecular formula is C4H7OP. The summed E-state index contributed by atoms with van der Waals surface area (Å²) < 4.78 is 0. The number of hydrogen-bond donors (Lipinski definition) is 1. The molecular weight excluding hydrogens is 95.0 g/mol. The first kappa shape index (κ1) is 4.29. The highest BCUT2D eigenvalue weighted by atomic mass is 31.1. The molecule has 0 aromatic heterocycles. The first-order valence-electron chi connectivity index (χ1n) is 2.02. The van der Waals surface area contributed by atoms with Gasteiger partial charge in [-0.25, -0.2) is 0 Å². The number of rotatable bonds is 0. The van der Waals surface area contributed by atoms with Gasteiger partial charge in [0.2, 0.25) is 0 Å². The Kier molecular flexibility index (Phi) is 1.23. The van der Waals surface area contributed by atoms with Crippen LogP contribution in [0.5, 0.6) is 0 Å². The monoisotopic (exact) mass is 102 g/mol. The van der Waals surface area contributed by atoms with Crippen molar-refractivity contribution in [1.82, 2.24) is 0 Å². The fraction of sp³-hybridized carbons (Fsp3) is 0.500. The lowest BCUT2D eigenvalue weighted by atomic mass is 10.5. The number of allylic oxidation sites excluding steroid dienone is 1. The Hall–Kier alpha value is 0.130. The fourth-order valence-corrected chi connectivity index (χ4v) is 1.43. The molecule has 1 N–H and O–H groups in total. The van der Waals surface area contributed by atoms with Gasteiger partial charge in [-0.15, -0.1) is 0 Å². The second kappa shape index (κ2) is 1.72. The summed E-state index contributed by atoms with van der Waals surface area (Å²) in [7, 11) is -0.646. The van der Waals surface area contributed by atoms with Crippen molar-refractivity contribution in [2.45, 2.75) is 6.42 Å². The first-order chi connectivity index (χ1) is 2.89. The zero-order valence-corrected chi connectivity index (χ0v) is 4.36. The van der Waals surface area contributed by atoms with E-state index in [-0.39, 0.29) is 0 Å². The lowest BCUT2D eigenvalue weighted by Crippen LogP contribution is -1.65. The maximum absolute atomic E-state index is 8.71. The standard InChI is InChI=1S/C4H7OP/c5-6-3-1-2-4-6/h1,3,5H,2,4H2. The maximum Gasteiger partial charge on any atom is 0.0489 e. The molecule has 0 bridgehead atoms. The van der Waals surface area contributed by atoms with Crippen molar-refractivity contribution < 1.29 is 4.89 Å². The average Bonchev–Trinajstić information content (AvgIpc) is 1.86. The predicted octanol–water partition coefficient (Wildman–Crippen LogP) is 1.29. The lowest BCUT2D eigenvalue weighted by Gasteiger charge is -1.89. The van der Waals surface area contributed by atoms with Gasteiger partial charge in [0.05, 0.1) is 0 Å². The van der Waals surface area contributed by atoms with E-state index in [0.29, 0.717) is 0 Å². The minimum Gasteiger partial charge on any atom is -0.370 e. The maximum atomic E-state index is 8.71. The molecule has 0 saturated carbocycles. The largest absolute Gasteiger partial charge is 0.370 e. The molecule has 6 heavy (non-hydrogen) atoms. The van der Waals surface area contributed by atoms with E-state index in [9.17, 15) is 0 Å². The second-order valence-electron chi connectivity index (χ2n) is 1.34. The summed E-state index contributed by atoms with van der Waals surface area (Å²) in [6.45, 7) is 0. The van der Waals surface area contributed by atoms with E-state index in [1.807, 2.05) is 11.9 Å². The van der Waals surface area contributed by atoms with Crippen LogP contribution in [0.15, 0.2) is 11.9 Å². The van der Waals surface area contributed by atoms with Gasteiger partial charge in [-0.3, -0.25) is 0 Å². The van der Waals surface area contributed by atoms with Gasteiger partial charge in [-0.05, 0) is 18.4 Å². The Morgan fingerprint density at radius 2 is 2.50 bits per heavy atom. The van der Waals surface area contributed by atoms with Crippen LogP contribution in [0, 0.1) is 0 Å². The lowest BCUT2D eigenvalue weighted by molar-refractivity contribution is 0.635. The van der Waals surface area contributed by atoms with Crippen LogP contribution in [0.3, 0.4) is 0 Å². The Morgan fingerprint density at radius 1 is 1.67 bits per heavy atom. The topological polar surface area (TPSA) is 20.2 Å². The highest BCUT2D eigenvalue weighted by Crippen LogP contribution is 2.36. The van der Waals surface area contributed by atoms with Gasteiger partial charge < -0.3 is 4.89 Å². The Balaban J connectivity index is 2.38. The van der Waals surface area contributed by atoms with E-state index >= 15 is 0 Å². The van der Waals surface area contributed by atoms with Crippen molar-refractivity contribution in [3.63, 3.8) is 0 Å². The van der Waals surface area contributed by atoms with Crippen LogP contribution in [-0.4, -0.2) is 11.1 Å². The van der Waals surface area contributed by atoms with Crippen molar-refractivity contribution in [1.29, 1.82) is 0 Å². The molecule has 0 spiro atoms. The quantitative estimate of drug-likeness (QED) is 0.457. The van der Waals surface area contributed by atoms with E-state index in [1.165, 1.54) is 0 Å². The molecule has 0 aliphatic carbocycles. The minimum absolute atomic E-state index is 0.646. The van der Waals surface area contributed by atoms with Crippen molar-refractivity contribution in [2.75, 3.05) is 6.16 Å². The molecule has 0 amide bonds. The van der Waals surface area contributed by atoms with E-state index in [4.69, 9.17) is 4.89 Å². The average molecular weight is 102 g/mol. The van der Waals surface area contributed by atoms with E-state index in [2.05, 4.69) is 0 Å². The molecule has 1 unspecified atom stereocenters.